The molecule has 0 unspecified atom stereocenters. The second-order valence-corrected chi connectivity index (χ2v) is 5.28. The lowest BCUT2D eigenvalue weighted by atomic mass is 10.1. The van der Waals surface area contributed by atoms with Gasteiger partial charge in [0, 0.05) is 17.3 Å². The van der Waals surface area contributed by atoms with Crippen molar-refractivity contribution in [2.75, 3.05) is 6.61 Å². The highest BCUT2D eigenvalue weighted by Crippen LogP contribution is 2.24. The van der Waals surface area contributed by atoms with Crippen molar-refractivity contribution < 1.29 is 9.84 Å². The van der Waals surface area contributed by atoms with Crippen molar-refractivity contribution >= 4 is 22.8 Å². The quantitative estimate of drug-likeness (QED) is 0.709. The summed E-state index contributed by atoms with van der Waals surface area (Å²) in [6.07, 6.45) is 1.53. The maximum Gasteiger partial charge on any atom is 0.257 e. The molecule has 0 spiro atoms. The fourth-order valence-corrected chi connectivity index (χ4v) is 2.47. The van der Waals surface area contributed by atoms with Crippen molar-refractivity contribution in [3.63, 3.8) is 0 Å². The first-order valence-corrected chi connectivity index (χ1v) is 7.74. The third kappa shape index (κ3) is 3.36. The van der Waals surface area contributed by atoms with E-state index in [0.717, 1.165) is 10.9 Å². The Kier molecular flexibility index (Phi) is 4.72. The Bertz CT molecular complexity index is 945. The molecule has 0 amide bonds. The van der Waals surface area contributed by atoms with E-state index in [4.69, 9.17) is 4.74 Å². The molecule has 2 N–H and O–H groups in total. The number of pyridine rings is 1. The van der Waals surface area contributed by atoms with E-state index in [-0.39, 0.29) is 12.2 Å². The van der Waals surface area contributed by atoms with E-state index in [2.05, 4.69) is 9.98 Å². The summed E-state index contributed by atoms with van der Waals surface area (Å²) >= 11 is 0. The number of para-hydroxylation sites is 1. The zero-order valence-electron chi connectivity index (χ0n) is 13.3. The van der Waals surface area contributed by atoms with Crippen LogP contribution >= 0.6 is 0 Å². The van der Waals surface area contributed by atoms with Crippen LogP contribution in [-0.4, -0.2) is 22.9 Å². The largest absolute Gasteiger partial charge is 0.494 e. The van der Waals surface area contributed by atoms with Crippen LogP contribution in [0.3, 0.4) is 0 Å². The summed E-state index contributed by atoms with van der Waals surface area (Å²) in [6, 6.07) is 14.7. The molecule has 1 aromatic heterocycles. The third-order valence-electron chi connectivity index (χ3n) is 3.65. The fraction of sp³-hybridized carbons (Fsp3) is 0.158. The van der Waals surface area contributed by atoms with Gasteiger partial charge in [-0.05, 0) is 42.6 Å². The van der Waals surface area contributed by atoms with Gasteiger partial charge in [0.05, 0.1) is 24.5 Å². The minimum absolute atomic E-state index is 0.130. The fourth-order valence-electron chi connectivity index (χ4n) is 2.47. The molecule has 122 valence electrons. The summed E-state index contributed by atoms with van der Waals surface area (Å²) < 4.78 is 5.45. The molecule has 0 aliphatic heterocycles. The van der Waals surface area contributed by atoms with Gasteiger partial charge >= 0.3 is 0 Å². The Hall–Kier alpha value is -2.92. The number of nitrogens with one attached hydrogen (secondary N) is 1. The van der Waals surface area contributed by atoms with E-state index in [0.29, 0.717) is 29.2 Å². The summed E-state index contributed by atoms with van der Waals surface area (Å²) in [5.41, 5.74) is 2.40. The average Bonchev–Trinajstić information content (AvgIpc) is 2.61. The molecule has 0 bridgehead atoms. The van der Waals surface area contributed by atoms with Crippen LogP contribution in [0.25, 0.3) is 10.9 Å². The molecule has 0 saturated heterocycles. The molecule has 3 aromatic rings. The number of aromatic amines is 1. The molecule has 0 aliphatic carbocycles. The summed E-state index contributed by atoms with van der Waals surface area (Å²) in [5, 5.41) is 10.4. The van der Waals surface area contributed by atoms with Crippen LogP contribution in [0.2, 0.25) is 0 Å². The van der Waals surface area contributed by atoms with Crippen LogP contribution in [0.4, 0.5) is 5.69 Å². The highest BCUT2D eigenvalue weighted by atomic mass is 16.5. The van der Waals surface area contributed by atoms with Gasteiger partial charge < -0.3 is 14.8 Å². The molecule has 5 nitrogen and oxygen atoms in total. The average molecular weight is 322 g/mol. The Morgan fingerprint density at radius 3 is 2.83 bits per heavy atom. The molecule has 1 heterocycles. The van der Waals surface area contributed by atoms with E-state index in [9.17, 15) is 9.90 Å². The molecular weight excluding hydrogens is 304 g/mol. The summed E-state index contributed by atoms with van der Waals surface area (Å²) in [5.74, 6) is 0.641. The lowest BCUT2D eigenvalue weighted by Gasteiger charge is -2.08. The van der Waals surface area contributed by atoms with Gasteiger partial charge in [-0.15, -0.1) is 0 Å². The third-order valence-corrected chi connectivity index (χ3v) is 3.65. The number of ether oxygens (including phenoxy) is 1. The van der Waals surface area contributed by atoms with Gasteiger partial charge in [-0.25, -0.2) is 0 Å². The lowest BCUT2D eigenvalue weighted by molar-refractivity contribution is 0.267. The van der Waals surface area contributed by atoms with Gasteiger partial charge in [0.2, 0.25) is 0 Å². The smallest absolute Gasteiger partial charge is 0.257 e. The van der Waals surface area contributed by atoms with Crippen LogP contribution < -0.4 is 10.3 Å². The first-order valence-electron chi connectivity index (χ1n) is 7.74. The number of nitrogens with zero attached hydrogens (tertiary/aromatic N) is 1. The molecule has 0 saturated carbocycles. The second-order valence-electron chi connectivity index (χ2n) is 5.28. The predicted molar refractivity (Wildman–Crippen MR) is 95.4 cm³/mol. The number of benzene rings is 2. The topological polar surface area (TPSA) is 74.7 Å². The molecule has 2 aromatic carbocycles. The molecule has 5 heteroatoms. The van der Waals surface area contributed by atoms with Gasteiger partial charge in [0.25, 0.3) is 5.56 Å². The highest BCUT2D eigenvalue weighted by molar-refractivity contribution is 5.88. The molecular formula is C19H18N2O3. The van der Waals surface area contributed by atoms with Crippen LogP contribution in [0, 0.1) is 0 Å². The number of aliphatic hydroxyl groups is 1. The van der Waals surface area contributed by atoms with Gasteiger partial charge in [0.1, 0.15) is 5.75 Å². The number of aliphatic imine (C=N–C) groups is 1. The maximum absolute atomic E-state index is 12.1. The van der Waals surface area contributed by atoms with E-state index in [1.807, 2.05) is 31.2 Å². The molecule has 3 rings (SSSR count). The maximum atomic E-state index is 12.1. The number of rotatable bonds is 5. The zero-order chi connectivity index (χ0) is 16.9. The van der Waals surface area contributed by atoms with E-state index in [1.54, 1.807) is 24.3 Å². The Labute approximate surface area is 139 Å². The predicted octanol–water partition coefficient (Wildman–Crippen LogP) is 3.17. The first kappa shape index (κ1) is 16.0. The number of aliphatic hydroxyl groups excluding tert-OH is 1. The number of hydrogen-bond donors (Lipinski definition) is 2. The minimum Gasteiger partial charge on any atom is -0.494 e. The van der Waals surface area contributed by atoms with Crippen molar-refractivity contribution in [1.82, 2.24) is 4.98 Å². The Morgan fingerprint density at radius 1 is 1.21 bits per heavy atom. The zero-order valence-corrected chi connectivity index (χ0v) is 13.3. The van der Waals surface area contributed by atoms with Gasteiger partial charge in [-0.3, -0.25) is 9.79 Å². The summed E-state index contributed by atoms with van der Waals surface area (Å²) in [6.45, 7) is 2.29. The van der Waals surface area contributed by atoms with Crippen molar-refractivity contribution in [3.05, 3.63) is 70.0 Å². The number of aromatic nitrogens is 1. The van der Waals surface area contributed by atoms with Crippen molar-refractivity contribution in [2.45, 2.75) is 13.5 Å². The Morgan fingerprint density at radius 2 is 2.04 bits per heavy atom. The Balaban J connectivity index is 1.93. The normalized spacial score (nSPS) is 11.2. The van der Waals surface area contributed by atoms with Gasteiger partial charge in [-0.1, -0.05) is 18.2 Å². The van der Waals surface area contributed by atoms with Crippen molar-refractivity contribution in [3.8, 4) is 5.75 Å². The lowest BCUT2D eigenvalue weighted by Crippen LogP contribution is -2.11. The second kappa shape index (κ2) is 7.10. The van der Waals surface area contributed by atoms with Crippen LogP contribution in [0.5, 0.6) is 5.75 Å². The van der Waals surface area contributed by atoms with Crippen LogP contribution in [0.15, 0.2) is 58.3 Å². The minimum atomic E-state index is -0.189. The molecule has 0 atom stereocenters. The molecule has 24 heavy (non-hydrogen) atoms. The summed E-state index contributed by atoms with van der Waals surface area (Å²) in [4.78, 5) is 19.3. The van der Waals surface area contributed by atoms with Gasteiger partial charge in [-0.2, -0.15) is 0 Å². The number of H-pyrrole nitrogens is 1. The van der Waals surface area contributed by atoms with Crippen LogP contribution in [0.1, 0.15) is 18.1 Å². The monoisotopic (exact) mass is 322 g/mol. The number of fused-ring (bicyclic) bond motifs is 1. The molecule has 0 aliphatic rings. The van der Waals surface area contributed by atoms with E-state index < -0.39 is 0 Å². The highest BCUT2D eigenvalue weighted by Gasteiger charge is 2.04. The molecule has 0 fully saturated rings. The standard InChI is InChI=1S/C19H18N2O3/c1-2-24-18-8-7-16(10-15(18)12-22)20-11-14-9-13-5-3-4-6-17(13)21-19(14)23/h3-11,22H,2,12H2,1H3,(H,21,23). The van der Waals surface area contributed by atoms with E-state index >= 15 is 0 Å². The van der Waals surface area contributed by atoms with Gasteiger partial charge in [0.15, 0.2) is 0 Å². The molecule has 0 radical (unpaired) electrons. The van der Waals surface area contributed by atoms with Crippen molar-refractivity contribution in [2.24, 2.45) is 4.99 Å². The van der Waals surface area contributed by atoms with Crippen LogP contribution in [-0.2, 0) is 6.61 Å². The SMILES string of the molecule is CCOc1ccc(N=Cc2cc3ccccc3[nH]c2=O)cc1CO. The van der Waals surface area contributed by atoms with E-state index in [1.165, 1.54) is 6.21 Å². The van der Waals surface area contributed by atoms with Crippen molar-refractivity contribution in [1.29, 1.82) is 0 Å². The first-order chi connectivity index (χ1) is 11.7. The number of hydrogen-bond acceptors (Lipinski definition) is 4. The summed E-state index contributed by atoms with van der Waals surface area (Å²) in [7, 11) is 0.